The van der Waals surface area contributed by atoms with Gasteiger partial charge in [0.2, 0.25) is 0 Å². The molecule has 1 aromatic heterocycles. The molecular weight excluding hydrogens is 264 g/mol. The molecule has 0 aliphatic rings. The van der Waals surface area contributed by atoms with Gasteiger partial charge in [0.15, 0.2) is 12.4 Å². The zero-order valence-corrected chi connectivity index (χ0v) is 10.9. The summed E-state index contributed by atoms with van der Waals surface area (Å²) in [5.41, 5.74) is 1.45. The molecule has 0 radical (unpaired) electrons. The molecule has 0 atom stereocenters. The van der Waals surface area contributed by atoms with Crippen molar-refractivity contribution in [2.75, 3.05) is 6.54 Å². The van der Waals surface area contributed by atoms with E-state index in [0.717, 1.165) is 5.56 Å². The molecular formula is C14H13ClN2O2. The molecule has 4 nitrogen and oxygen atoms in total. The lowest BCUT2D eigenvalue weighted by Gasteiger charge is -2.05. The third-order valence-electron chi connectivity index (χ3n) is 2.65. The highest BCUT2D eigenvalue weighted by atomic mass is 35.5. The van der Waals surface area contributed by atoms with Crippen molar-refractivity contribution in [1.29, 1.82) is 0 Å². The summed E-state index contributed by atoms with van der Waals surface area (Å²) in [4.78, 5) is 11.8. The quantitative estimate of drug-likeness (QED) is 0.685. The number of aromatic nitrogens is 1. The second kappa shape index (κ2) is 6.20. The molecule has 0 saturated carbocycles. The summed E-state index contributed by atoms with van der Waals surface area (Å²) in [7, 11) is 0. The smallest absolute Gasteiger partial charge is 0.257 e. The SMILES string of the molecule is O=C(NCCc1ccc(Cl)cc1)c1ccc[n+]([O-])c1. The Bertz CT molecular complexity index is 570. The molecule has 98 valence electrons. The summed E-state index contributed by atoms with van der Waals surface area (Å²) < 4.78 is 0.605. The van der Waals surface area contributed by atoms with Crippen LogP contribution < -0.4 is 10.0 Å². The largest absolute Gasteiger partial charge is 0.619 e. The van der Waals surface area contributed by atoms with Gasteiger partial charge in [-0.15, -0.1) is 0 Å². The predicted molar refractivity (Wildman–Crippen MR) is 72.9 cm³/mol. The third-order valence-corrected chi connectivity index (χ3v) is 2.90. The molecule has 0 aliphatic heterocycles. The van der Waals surface area contributed by atoms with Gasteiger partial charge in [0, 0.05) is 17.6 Å². The molecule has 5 heteroatoms. The Balaban J connectivity index is 1.86. The summed E-state index contributed by atoms with van der Waals surface area (Å²) in [6.07, 6.45) is 3.30. The van der Waals surface area contributed by atoms with Gasteiger partial charge in [0.25, 0.3) is 5.91 Å². The Labute approximate surface area is 116 Å². The minimum Gasteiger partial charge on any atom is -0.619 e. The van der Waals surface area contributed by atoms with Gasteiger partial charge in [-0.2, -0.15) is 4.73 Å². The first-order valence-electron chi connectivity index (χ1n) is 5.86. The average molecular weight is 277 g/mol. The lowest BCUT2D eigenvalue weighted by atomic mass is 10.1. The van der Waals surface area contributed by atoms with E-state index < -0.39 is 0 Å². The van der Waals surface area contributed by atoms with E-state index >= 15 is 0 Å². The van der Waals surface area contributed by atoms with Crippen LogP contribution in [-0.2, 0) is 6.42 Å². The molecule has 1 heterocycles. The zero-order chi connectivity index (χ0) is 13.7. The first-order chi connectivity index (χ1) is 9.15. The van der Waals surface area contributed by atoms with E-state index in [2.05, 4.69) is 5.32 Å². The maximum atomic E-state index is 11.8. The molecule has 1 amide bonds. The fourth-order valence-corrected chi connectivity index (χ4v) is 1.79. The van der Waals surface area contributed by atoms with Crippen molar-refractivity contribution in [3.8, 4) is 0 Å². The van der Waals surface area contributed by atoms with Crippen molar-refractivity contribution >= 4 is 17.5 Å². The predicted octanol–water partition coefficient (Wildman–Crippen LogP) is 1.95. The summed E-state index contributed by atoms with van der Waals surface area (Å²) >= 11 is 5.79. The first-order valence-corrected chi connectivity index (χ1v) is 6.24. The maximum absolute atomic E-state index is 11.8. The number of carbonyl (C=O) groups is 1. The number of carbonyl (C=O) groups excluding carboxylic acids is 1. The second-order valence-corrected chi connectivity index (χ2v) is 4.52. The molecule has 0 spiro atoms. The molecule has 19 heavy (non-hydrogen) atoms. The van der Waals surface area contributed by atoms with E-state index in [4.69, 9.17) is 11.6 Å². The molecule has 2 aromatic rings. The Morgan fingerprint density at radius 1 is 1.26 bits per heavy atom. The van der Waals surface area contributed by atoms with Gasteiger partial charge in [0.1, 0.15) is 5.56 Å². The highest BCUT2D eigenvalue weighted by Crippen LogP contribution is 2.09. The lowest BCUT2D eigenvalue weighted by Crippen LogP contribution is -2.30. The van der Waals surface area contributed by atoms with Crippen LogP contribution in [0.4, 0.5) is 0 Å². The van der Waals surface area contributed by atoms with Crippen molar-refractivity contribution in [3.05, 3.63) is 70.1 Å². The van der Waals surface area contributed by atoms with Gasteiger partial charge < -0.3 is 10.5 Å². The third kappa shape index (κ3) is 3.96. The maximum Gasteiger partial charge on any atom is 0.257 e. The molecule has 1 N–H and O–H groups in total. The van der Waals surface area contributed by atoms with Gasteiger partial charge in [0.05, 0.1) is 0 Å². The van der Waals surface area contributed by atoms with Crippen molar-refractivity contribution < 1.29 is 9.52 Å². The molecule has 0 saturated heterocycles. The van der Waals surface area contributed by atoms with Crippen LogP contribution in [0.5, 0.6) is 0 Å². The number of amides is 1. The highest BCUT2D eigenvalue weighted by Gasteiger charge is 2.07. The van der Waals surface area contributed by atoms with Gasteiger partial charge in [-0.1, -0.05) is 23.7 Å². The molecule has 1 aromatic carbocycles. The molecule has 0 bridgehead atoms. The van der Waals surface area contributed by atoms with Crippen molar-refractivity contribution in [2.45, 2.75) is 6.42 Å². The van der Waals surface area contributed by atoms with E-state index in [1.807, 2.05) is 24.3 Å². The van der Waals surface area contributed by atoms with Crippen LogP contribution in [0.2, 0.25) is 5.02 Å². The van der Waals surface area contributed by atoms with Crippen LogP contribution in [0.1, 0.15) is 15.9 Å². The van der Waals surface area contributed by atoms with Gasteiger partial charge in [-0.05, 0) is 30.2 Å². The first kappa shape index (κ1) is 13.4. The fraction of sp³-hybridized carbons (Fsp3) is 0.143. The van der Waals surface area contributed by atoms with E-state index in [-0.39, 0.29) is 5.91 Å². The number of nitrogens with one attached hydrogen (secondary N) is 1. The minimum absolute atomic E-state index is 0.251. The van der Waals surface area contributed by atoms with Crippen molar-refractivity contribution in [3.63, 3.8) is 0 Å². The Hall–Kier alpha value is -2.07. The summed E-state index contributed by atoms with van der Waals surface area (Å²) in [5.74, 6) is -0.251. The zero-order valence-electron chi connectivity index (χ0n) is 10.2. The normalized spacial score (nSPS) is 10.2. The van der Waals surface area contributed by atoms with Crippen LogP contribution in [0.25, 0.3) is 0 Å². The second-order valence-electron chi connectivity index (χ2n) is 4.08. The standard InChI is InChI=1S/C14H13ClN2O2/c15-13-5-3-11(4-6-13)7-8-16-14(18)12-2-1-9-17(19)10-12/h1-6,9-10H,7-8H2,(H,16,18). The summed E-state index contributed by atoms with van der Waals surface area (Å²) in [5, 5.41) is 14.5. The summed E-state index contributed by atoms with van der Waals surface area (Å²) in [6, 6.07) is 10.6. The number of hydrogen-bond acceptors (Lipinski definition) is 2. The van der Waals surface area contributed by atoms with Crippen LogP contribution >= 0.6 is 11.6 Å². The number of pyridine rings is 1. The molecule has 0 fully saturated rings. The van der Waals surface area contributed by atoms with Gasteiger partial charge in [-0.3, -0.25) is 4.79 Å². The fourth-order valence-electron chi connectivity index (χ4n) is 1.66. The van der Waals surface area contributed by atoms with Crippen molar-refractivity contribution in [2.24, 2.45) is 0 Å². The van der Waals surface area contributed by atoms with E-state index in [9.17, 15) is 10.0 Å². The Kier molecular flexibility index (Phi) is 4.36. The van der Waals surface area contributed by atoms with Crippen molar-refractivity contribution in [1.82, 2.24) is 5.32 Å². The summed E-state index contributed by atoms with van der Waals surface area (Å²) in [6.45, 7) is 0.508. The monoisotopic (exact) mass is 276 g/mol. The Morgan fingerprint density at radius 3 is 2.68 bits per heavy atom. The number of hydrogen-bond donors (Lipinski definition) is 1. The Morgan fingerprint density at radius 2 is 2.00 bits per heavy atom. The van der Waals surface area contributed by atoms with Crippen LogP contribution in [0.3, 0.4) is 0 Å². The van der Waals surface area contributed by atoms with Gasteiger partial charge >= 0.3 is 0 Å². The average Bonchev–Trinajstić information content (AvgIpc) is 2.41. The molecule has 0 aliphatic carbocycles. The number of rotatable bonds is 4. The van der Waals surface area contributed by atoms with Crippen LogP contribution in [-0.4, -0.2) is 12.5 Å². The number of benzene rings is 1. The van der Waals surface area contributed by atoms with Crippen LogP contribution in [0, 0.1) is 5.21 Å². The van der Waals surface area contributed by atoms with E-state index in [1.54, 1.807) is 12.1 Å². The lowest BCUT2D eigenvalue weighted by molar-refractivity contribution is -0.605. The topological polar surface area (TPSA) is 56.0 Å². The number of nitrogens with zero attached hydrogens (tertiary/aromatic N) is 1. The number of halogens is 1. The van der Waals surface area contributed by atoms with E-state index in [0.29, 0.717) is 28.3 Å². The minimum atomic E-state index is -0.251. The molecule has 2 rings (SSSR count). The highest BCUT2D eigenvalue weighted by molar-refractivity contribution is 6.30. The van der Waals surface area contributed by atoms with Gasteiger partial charge in [-0.25, -0.2) is 0 Å². The van der Waals surface area contributed by atoms with Crippen LogP contribution in [0.15, 0.2) is 48.8 Å². The van der Waals surface area contributed by atoms with E-state index in [1.165, 1.54) is 12.4 Å². The molecule has 0 unspecified atom stereocenters.